The summed E-state index contributed by atoms with van der Waals surface area (Å²) in [4.78, 5) is 34.2. The molecule has 0 bridgehead atoms. The summed E-state index contributed by atoms with van der Waals surface area (Å²) in [5.41, 5.74) is 2.98. The van der Waals surface area contributed by atoms with E-state index in [-0.39, 0.29) is 11.8 Å². The lowest BCUT2D eigenvalue weighted by atomic mass is 9.90. The van der Waals surface area contributed by atoms with E-state index in [0.717, 1.165) is 11.3 Å². The van der Waals surface area contributed by atoms with Crippen molar-refractivity contribution in [3.05, 3.63) is 94.0 Å². The molecule has 0 saturated carbocycles. The summed E-state index contributed by atoms with van der Waals surface area (Å²) in [6.07, 6.45) is -0.939. The molecular weight excluding hydrogens is 435 g/mol. The van der Waals surface area contributed by atoms with Crippen LogP contribution in [0.5, 0.6) is 0 Å². The Kier molecular flexibility index (Phi) is 4.97. The number of hydrogen-bond acceptors (Lipinski definition) is 4. The number of nitrogens with zero attached hydrogens (tertiary/aromatic N) is 2. The van der Waals surface area contributed by atoms with Crippen LogP contribution in [0.4, 0.5) is 11.4 Å². The minimum atomic E-state index is -0.939. The minimum Gasteiger partial charge on any atom is -0.273 e. The van der Waals surface area contributed by atoms with Crippen molar-refractivity contribution in [2.24, 2.45) is 5.92 Å². The molecule has 5 nitrogen and oxygen atoms in total. The van der Waals surface area contributed by atoms with Gasteiger partial charge in [-0.25, -0.2) is 9.96 Å². The fraction of sp³-hybridized carbons (Fsp3) is 0.167. The van der Waals surface area contributed by atoms with Gasteiger partial charge in [-0.05, 0) is 48.9 Å². The number of halogens is 2. The largest absolute Gasteiger partial charge is 0.273 e. The van der Waals surface area contributed by atoms with Gasteiger partial charge < -0.3 is 0 Å². The predicted molar refractivity (Wildman–Crippen MR) is 120 cm³/mol. The van der Waals surface area contributed by atoms with Crippen LogP contribution in [-0.4, -0.2) is 17.9 Å². The number of rotatable bonds is 3. The van der Waals surface area contributed by atoms with E-state index in [2.05, 4.69) is 0 Å². The second-order valence-corrected chi connectivity index (χ2v) is 8.51. The van der Waals surface area contributed by atoms with E-state index in [9.17, 15) is 9.59 Å². The molecule has 0 aliphatic carbocycles. The lowest BCUT2D eigenvalue weighted by Gasteiger charge is -2.29. The van der Waals surface area contributed by atoms with Gasteiger partial charge in [0.1, 0.15) is 5.92 Å². The van der Waals surface area contributed by atoms with Gasteiger partial charge in [0.05, 0.1) is 17.4 Å². The summed E-state index contributed by atoms with van der Waals surface area (Å²) in [6, 6.07) is 21.2. The summed E-state index contributed by atoms with van der Waals surface area (Å²) in [6.45, 7) is 1.95. The first-order valence-electron chi connectivity index (χ1n) is 9.86. The monoisotopic (exact) mass is 452 g/mol. The van der Waals surface area contributed by atoms with Gasteiger partial charge in [0.2, 0.25) is 5.91 Å². The van der Waals surface area contributed by atoms with Crippen molar-refractivity contribution in [1.29, 1.82) is 0 Å². The topological polar surface area (TPSA) is 49.9 Å². The SMILES string of the molecule is Cc1ccc(N2C(=O)[C@@H]3[C@H](ON(c4ccccc4)[C@H]3c3ccc(Cl)cc3Cl)C2=O)cc1. The molecule has 0 spiro atoms. The van der Waals surface area contributed by atoms with Crippen molar-refractivity contribution in [2.75, 3.05) is 9.96 Å². The van der Waals surface area contributed by atoms with Crippen LogP contribution in [-0.2, 0) is 14.4 Å². The van der Waals surface area contributed by atoms with Crippen LogP contribution in [0, 0.1) is 12.8 Å². The maximum absolute atomic E-state index is 13.6. The first kappa shape index (κ1) is 20.1. The molecule has 3 aromatic rings. The van der Waals surface area contributed by atoms with Gasteiger partial charge in [0, 0.05) is 10.0 Å². The summed E-state index contributed by atoms with van der Waals surface area (Å²) < 4.78 is 0. The van der Waals surface area contributed by atoms with Crippen molar-refractivity contribution < 1.29 is 14.4 Å². The molecule has 31 heavy (non-hydrogen) atoms. The van der Waals surface area contributed by atoms with Crippen LogP contribution in [0.25, 0.3) is 0 Å². The number of benzene rings is 3. The zero-order valence-corrected chi connectivity index (χ0v) is 18.0. The third kappa shape index (κ3) is 3.30. The molecule has 2 aliphatic rings. The Labute approximate surface area is 189 Å². The molecule has 3 atom stereocenters. The summed E-state index contributed by atoms with van der Waals surface area (Å²) in [5, 5.41) is 2.52. The molecule has 2 amide bonds. The highest BCUT2D eigenvalue weighted by atomic mass is 35.5. The summed E-state index contributed by atoms with van der Waals surface area (Å²) in [7, 11) is 0. The number of hydroxylamine groups is 1. The Hall–Kier alpha value is -2.86. The van der Waals surface area contributed by atoms with Crippen LogP contribution < -0.4 is 9.96 Å². The van der Waals surface area contributed by atoms with Gasteiger partial charge in [-0.15, -0.1) is 0 Å². The average molecular weight is 453 g/mol. The maximum atomic E-state index is 13.6. The molecule has 2 heterocycles. The van der Waals surface area contributed by atoms with Gasteiger partial charge in [-0.2, -0.15) is 0 Å². The standard InChI is InChI=1S/C24H18Cl2N2O3/c1-14-7-10-16(11-8-14)27-23(29)20-21(18-12-9-15(25)13-19(18)26)28(31-22(20)24(27)30)17-5-3-2-4-6-17/h2-13,20-22H,1H3/t20-,21-,22-/m0/s1. The highest BCUT2D eigenvalue weighted by Crippen LogP contribution is 2.49. The van der Waals surface area contributed by atoms with E-state index in [1.807, 2.05) is 49.4 Å². The Balaban J connectivity index is 1.61. The van der Waals surface area contributed by atoms with Gasteiger partial charge in [-0.3, -0.25) is 14.4 Å². The quantitative estimate of drug-likeness (QED) is 0.502. The van der Waals surface area contributed by atoms with Crippen molar-refractivity contribution in [3.63, 3.8) is 0 Å². The Morgan fingerprint density at radius 2 is 1.55 bits per heavy atom. The van der Waals surface area contributed by atoms with E-state index in [1.54, 1.807) is 35.4 Å². The first-order chi connectivity index (χ1) is 15.0. The van der Waals surface area contributed by atoms with E-state index >= 15 is 0 Å². The zero-order chi connectivity index (χ0) is 21.7. The summed E-state index contributed by atoms with van der Waals surface area (Å²) in [5.74, 6) is -1.44. The number of para-hydroxylation sites is 1. The lowest BCUT2D eigenvalue weighted by molar-refractivity contribution is -0.126. The number of anilines is 2. The number of carbonyl (C=O) groups is 2. The first-order valence-corrected chi connectivity index (χ1v) is 10.6. The van der Waals surface area contributed by atoms with E-state index in [4.69, 9.17) is 28.0 Å². The number of aryl methyl sites for hydroxylation is 1. The number of amides is 2. The minimum absolute atomic E-state index is 0.312. The Morgan fingerprint density at radius 1 is 0.839 bits per heavy atom. The average Bonchev–Trinajstić information content (AvgIpc) is 3.26. The van der Waals surface area contributed by atoms with Crippen molar-refractivity contribution >= 4 is 46.4 Å². The highest BCUT2D eigenvalue weighted by molar-refractivity contribution is 6.35. The Bertz CT molecular complexity index is 1170. The Morgan fingerprint density at radius 3 is 2.23 bits per heavy atom. The normalized spacial score (nSPS) is 22.9. The maximum Gasteiger partial charge on any atom is 0.266 e. The molecule has 3 aromatic carbocycles. The molecular formula is C24H18Cl2N2O3. The zero-order valence-electron chi connectivity index (χ0n) is 16.5. The van der Waals surface area contributed by atoms with Crippen LogP contribution in [0.1, 0.15) is 17.2 Å². The molecule has 0 radical (unpaired) electrons. The molecule has 0 aromatic heterocycles. The van der Waals surface area contributed by atoms with Gasteiger partial charge >= 0.3 is 0 Å². The highest BCUT2D eigenvalue weighted by Gasteiger charge is 2.60. The smallest absolute Gasteiger partial charge is 0.266 e. The third-order valence-electron chi connectivity index (χ3n) is 5.70. The molecule has 5 rings (SSSR count). The lowest BCUT2D eigenvalue weighted by Crippen LogP contribution is -2.37. The fourth-order valence-electron chi connectivity index (χ4n) is 4.22. The predicted octanol–water partition coefficient (Wildman–Crippen LogP) is 5.35. The molecule has 7 heteroatoms. The van der Waals surface area contributed by atoms with E-state index < -0.39 is 18.1 Å². The number of carbonyl (C=O) groups excluding carboxylic acids is 2. The van der Waals surface area contributed by atoms with E-state index in [0.29, 0.717) is 21.3 Å². The van der Waals surface area contributed by atoms with Crippen LogP contribution in [0.2, 0.25) is 10.0 Å². The van der Waals surface area contributed by atoms with Crippen molar-refractivity contribution in [1.82, 2.24) is 0 Å². The van der Waals surface area contributed by atoms with Gasteiger partial charge in [0.25, 0.3) is 5.91 Å². The van der Waals surface area contributed by atoms with E-state index in [1.165, 1.54) is 4.90 Å². The summed E-state index contributed by atoms with van der Waals surface area (Å²) >= 11 is 12.6. The van der Waals surface area contributed by atoms with Crippen LogP contribution in [0.15, 0.2) is 72.8 Å². The third-order valence-corrected chi connectivity index (χ3v) is 6.26. The van der Waals surface area contributed by atoms with Crippen LogP contribution in [0.3, 0.4) is 0 Å². The second-order valence-electron chi connectivity index (χ2n) is 7.67. The van der Waals surface area contributed by atoms with Crippen molar-refractivity contribution in [3.8, 4) is 0 Å². The van der Waals surface area contributed by atoms with Crippen LogP contribution >= 0.6 is 23.2 Å². The van der Waals surface area contributed by atoms with Crippen molar-refractivity contribution in [2.45, 2.75) is 19.1 Å². The second kappa shape index (κ2) is 7.68. The molecule has 2 aliphatic heterocycles. The van der Waals surface area contributed by atoms with Gasteiger partial charge in [-0.1, -0.05) is 65.2 Å². The molecule has 2 fully saturated rings. The molecule has 0 unspecified atom stereocenters. The molecule has 156 valence electrons. The molecule has 2 saturated heterocycles. The number of hydrogen-bond donors (Lipinski definition) is 0. The van der Waals surface area contributed by atoms with Gasteiger partial charge in [0.15, 0.2) is 6.10 Å². The fourth-order valence-corrected chi connectivity index (χ4v) is 4.74. The molecule has 0 N–H and O–H groups in total. The number of imide groups is 1. The number of fused-ring (bicyclic) bond motifs is 1.